The maximum atomic E-state index is 11.0. The fourth-order valence-electron chi connectivity index (χ4n) is 0.931. The van der Waals surface area contributed by atoms with Gasteiger partial charge in [-0.15, -0.1) is 0 Å². The third kappa shape index (κ3) is 13.1. The molecule has 0 radical (unpaired) electrons. The van der Waals surface area contributed by atoms with Crippen molar-refractivity contribution in [3.8, 4) is 0 Å². The molecule has 6 heteroatoms. The monoisotopic (exact) mass is 250 g/mol. The van der Waals surface area contributed by atoms with Gasteiger partial charge in [-0.3, -0.25) is 0 Å². The van der Waals surface area contributed by atoms with E-state index in [-0.39, 0.29) is 6.61 Å². The van der Waals surface area contributed by atoms with Crippen molar-refractivity contribution in [1.82, 2.24) is 0 Å². The van der Waals surface area contributed by atoms with E-state index in [4.69, 9.17) is 23.7 Å². The van der Waals surface area contributed by atoms with E-state index in [1.807, 2.05) is 6.92 Å². The topological polar surface area (TPSA) is 63.2 Å². The van der Waals surface area contributed by atoms with Gasteiger partial charge in [-0.2, -0.15) is 0 Å². The van der Waals surface area contributed by atoms with E-state index in [1.54, 1.807) is 7.11 Å². The Morgan fingerprint density at radius 1 is 0.882 bits per heavy atom. The van der Waals surface area contributed by atoms with Gasteiger partial charge in [0.15, 0.2) is 0 Å². The predicted molar refractivity (Wildman–Crippen MR) is 61.1 cm³/mol. The lowest BCUT2D eigenvalue weighted by Gasteiger charge is -2.06. The lowest BCUT2D eigenvalue weighted by Crippen LogP contribution is -2.13. The molecule has 0 aliphatic heterocycles. The normalized spacial score (nSPS) is 10.2. The first-order chi connectivity index (χ1) is 8.31. The third-order valence-electron chi connectivity index (χ3n) is 1.74. The van der Waals surface area contributed by atoms with Crippen molar-refractivity contribution in [3.05, 3.63) is 0 Å². The van der Waals surface area contributed by atoms with Crippen molar-refractivity contribution in [2.75, 3.05) is 53.4 Å². The van der Waals surface area contributed by atoms with Gasteiger partial charge in [0.2, 0.25) is 0 Å². The number of hydrogen-bond acceptors (Lipinski definition) is 6. The molecule has 0 aliphatic carbocycles. The van der Waals surface area contributed by atoms with Crippen LogP contribution in [0.25, 0.3) is 0 Å². The molecule has 6 nitrogen and oxygen atoms in total. The lowest BCUT2D eigenvalue weighted by molar-refractivity contribution is 0.0209. The van der Waals surface area contributed by atoms with E-state index in [0.29, 0.717) is 46.1 Å². The van der Waals surface area contributed by atoms with Gasteiger partial charge in [-0.1, -0.05) is 0 Å². The Balaban J connectivity index is 3.11. The molecule has 102 valence electrons. The zero-order valence-corrected chi connectivity index (χ0v) is 10.6. The van der Waals surface area contributed by atoms with Gasteiger partial charge >= 0.3 is 6.16 Å². The van der Waals surface area contributed by atoms with Gasteiger partial charge in [0.1, 0.15) is 6.61 Å². The Bertz CT molecular complexity index is 173. The van der Waals surface area contributed by atoms with Gasteiger partial charge in [0.05, 0.1) is 26.4 Å². The summed E-state index contributed by atoms with van der Waals surface area (Å²) in [6.07, 6.45) is -0.0221. The minimum atomic E-state index is -0.665. The van der Waals surface area contributed by atoms with Crippen LogP contribution < -0.4 is 0 Å². The van der Waals surface area contributed by atoms with Crippen molar-refractivity contribution in [1.29, 1.82) is 0 Å². The van der Waals surface area contributed by atoms with E-state index in [2.05, 4.69) is 0 Å². The van der Waals surface area contributed by atoms with E-state index in [9.17, 15) is 4.79 Å². The molecule has 0 atom stereocenters. The van der Waals surface area contributed by atoms with Gasteiger partial charge < -0.3 is 23.7 Å². The first-order valence-corrected chi connectivity index (χ1v) is 5.75. The highest BCUT2D eigenvalue weighted by molar-refractivity contribution is 5.59. The molecular formula is C11H22O6. The summed E-state index contributed by atoms with van der Waals surface area (Å²) in [5, 5.41) is 0. The maximum absolute atomic E-state index is 11.0. The fourth-order valence-corrected chi connectivity index (χ4v) is 0.931. The van der Waals surface area contributed by atoms with Crippen molar-refractivity contribution >= 4 is 6.16 Å². The molecule has 17 heavy (non-hydrogen) atoms. The Labute approximate surface area is 102 Å². The van der Waals surface area contributed by atoms with Crippen molar-refractivity contribution in [2.45, 2.75) is 13.3 Å². The molecule has 0 saturated carbocycles. The summed E-state index contributed by atoms with van der Waals surface area (Å²) in [7, 11) is 1.62. The van der Waals surface area contributed by atoms with E-state index < -0.39 is 6.16 Å². The second-order valence-electron chi connectivity index (χ2n) is 3.10. The van der Waals surface area contributed by atoms with Crippen LogP contribution in [0.3, 0.4) is 0 Å². The fraction of sp³-hybridized carbons (Fsp3) is 0.909. The molecule has 0 rings (SSSR count). The van der Waals surface area contributed by atoms with Crippen LogP contribution in [0.2, 0.25) is 0 Å². The molecule has 0 bridgehead atoms. The van der Waals surface area contributed by atoms with E-state index in [1.165, 1.54) is 0 Å². The van der Waals surface area contributed by atoms with Gasteiger partial charge in [-0.25, -0.2) is 4.79 Å². The van der Waals surface area contributed by atoms with Crippen molar-refractivity contribution in [3.63, 3.8) is 0 Å². The Morgan fingerprint density at radius 2 is 1.59 bits per heavy atom. The van der Waals surface area contributed by atoms with Crippen LogP contribution in [0.5, 0.6) is 0 Å². The van der Waals surface area contributed by atoms with Gasteiger partial charge in [-0.05, 0) is 6.92 Å². The molecule has 0 saturated heterocycles. The largest absolute Gasteiger partial charge is 0.508 e. The highest BCUT2D eigenvalue weighted by Crippen LogP contribution is 1.90. The molecule has 0 aromatic rings. The zero-order chi connectivity index (χ0) is 12.8. The molecular weight excluding hydrogens is 228 g/mol. The average molecular weight is 250 g/mol. The SMILES string of the molecule is CCOCCOC(=O)OCCCOCCOC. The van der Waals surface area contributed by atoms with Crippen LogP contribution in [0, 0.1) is 0 Å². The molecule has 0 fully saturated rings. The number of carbonyl (C=O) groups excluding carboxylic acids is 1. The summed E-state index contributed by atoms with van der Waals surface area (Å²) in [5.41, 5.74) is 0. The molecule has 0 amide bonds. The second kappa shape index (κ2) is 13.2. The average Bonchev–Trinajstić information content (AvgIpc) is 2.33. The summed E-state index contributed by atoms with van der Waals surface area (Å²) in [5.74, 6) is 0. The third-order valence-corrected chi connectivity index (χ3v) is 1.74. The number of methoxy groups -OCH3 is 1. The van der Waals surface area contributed by atoms with Crippen LogP contribution >= 0.6 is 0 Å². The summed E-state index contributed by atoms with van der Waals surface area (Å²) in [6, 6.07) is 0. The lowest BCUT2D eigenvalue weighted by atomic mass is 10.5. The molecule has 0 N–H and O–H groups in total. The molecule has 0 unspecified atom stereocenters. The number of hydrogen-bond donors (Lipinski definition) is 0. The highest BCUT2D eigenvalue weighted by Gasteiger charge is 2.02. The molecule has 0 aromatic carbocycles. The molecule has 0 spiro atoms. The van der Waals surface area contributed by atoms with Crippen molar-refractivity contribution in [2.24, 2.45) is 0 Å². The minimum Gasteiger partial charge on any atom is -0.434 e. The van der Waals surface area contributed by atoms with Crippen LogP contribution in [-0.4, -0.2) is 59.5 Å². The maximum Gasteiger partial charge on any atom is 0.508 e. The quantitative estimate of drug-likeness (QED) is 0.406. The smallest absolute Gasteiger partial charge is 0.434 e. The Hall–Kier alpha value is -0.850. The van der Waals surface area contributed by atoms with Crippen LogP contribution in [0.4, 0.5) is 4.79 Å². The molecule has 0 aromatic heterocycles. The van der Waals surface area contributed by atoms with Crippen LogP contribution in [0.15, 0.2) is 0 Å². The first kappa shape index (κ1) is 16.1. The number of rotatable bonds is 11. The van der Waals surface area contributed by atoms with E-state index in [0.717, 1.165) is 0 Å². The minimum absolute atomic E-state index is 0.219. The number of ether oxygens (including phenoxy) is 5. The summed E-state index contributed by atoms with van der Waals surface area (Å²) < 4.78 is 24.5. The summed E-state index contributed by atoms with van der Waals surface area (Å²) >= 11 is 0. The molecule has 0 aliphatic rings. The predicted octanol–water partition coefficient (Wildman–Crippen LogP) is 1.23. The standard InChI is InChI=1S/C11H22O6/c1-3-14-9-10-17-11(12)16-6-4-5-15-8-7-13-2/h3-10H2,1-2H3. The van der Waals surface area contributed by atoms with Crippen LogP contribution in [0.1, 0.15) is 13.3 Å². The number of carbonyl (C=O) groups is 1. The highest BCUT2D eigenvalue weighted by atomic mass is 16.7. The summed E-state index contributed by atoms with van der Waals surface area (Å²) in [6.45, 7) is 5.05. The van der Waals surface area contributed by atoms with Crippen LogP contribution in [-0.2, 0) is 23.7 Å². The van der Waals surface area contributed by atoms with Crippen molar-refractivity contribution < 1.29 is 28.5 Å². The summed E-state index contributed by atoms with van der Waals surface area (Å²) in [4.78, 5) is 11.0. The van der Waals surface area contributed by atoms with Gasteiger partial charge in [0, 0.05) is 26.7 Å². The van der Waals surface area contributed by atoms with E-state index >= 15 is 0 Å². The second-order valence-corrected chi connectivity index (χ2v) is 3.10. The first-order valence-electron chi connectivity index (χ1n) is 5.75. The zero-order valence-electron chi connectivity index (χ0n) is 10.6. The molecule has 0 heterocycles. The Kier molecular flexibility index (Phi) is 12.6. The van der Waals surface area contributed by atoms with Gasteiger partial charge in [0.25, 0.3) is 0 Å². The Morgan fingerprint density at radius 3 is 2.29 bits per heavy atom.